The monoisotopic (exact) mass is 245 g/mol. The number of aliphatic hydroxyl groups is 1. The molecule has 1 saturated carbocycles. The molecule has 0 heterocycles. The van der Waals surface area contributed by atoms with Gasteiger partial charge in [0.25, 0.3) is 0 Å². The summed E-state index contributed by atoms with van der Waals surface area (Å²) in [5.74, 6) is 0.625. The predicted octanol–water partition coefficient (Wildman–Crippen LogP) is 3.44. The van der Waals surface area contributed by atoms with Crippen LogP contribution in [0.2, 0.25) is 0 Å². The van der Waals surface area contributed by atoms with Gasteiger partial charge in [0.1, 0.15) is 0 Å². The first kappa shape index (κ1) is 13.3. The number of hydrogen-bond acceptors (Lipinski definition) is 2. The molecule has 0 aliphatic heterocycles. The smallest absolute Gasteiger partial charge is 0.0451 e. The van der Waals surface area contributed by atoms with E-state index in [-0.39, 0.29) is 6.61 Å². The van der Waals surface area contributed by atoms with E-state index in [9.17, 15) is 0 Å². The van der Waals surface area contributed by atoms with E-state index in [1.807, 2.05) is 0 Å². The van der Waals surface area contributed by atoms with Gasteiger partial charge in [-0.1, -0.05) is 49.6 Å². The number of aliphatic imine (C=N–C) groups is 1. The fourth-order valence-electron chi connectivity index (χ4n) is 2.71. The molecule has 0 saturated heterocycles. The molecule has 2 heteroatoms. The van der Waals surface area contributed by atoms with E-state index in [1.165, 1.54) is 43.4 Å². The van der Waals surface area contributed by atoms with E-state index in [0.29, 0.717) is 5.92 Å². The highest BCUT2D eigenvalue weighted by Gasteiger charge is 2.20. The van der Waals surface area contributed by atoms with Crippen LogP contribution >= 0.6 is 0 Å². The summed E-state index contributed by atoms with van der Waals surface area (Å²) in [6, 6.07) is 10.5. The first-order chi connectivity index (χ1) is 8.92. The average molecular weight is 245 g/mol. The molecule has 1 aromatic carbocycles. The first-order valence-corrected chi connectivity index (χ1v) is 7.12. The van der Waals surface area contributed by atoms with Crippen molar-refractivity contribution < 1.29 is 5.11 Å². The predicted molar refractivity (Wildman–Crippen MR) is 76.1 cm³/mol. The molecule has 2 rings (SSSR count). The van der Waals surface area contributed by atoms with E-state index in [0.717, 1.165) is 13.0 Å². The third kappa shape index (κ3) is 3.67. The zero-order chi connectivity index (χ0) is 12.6. The van der Waals surface area contributed by atoms with E-state index in [4.69, 9.17) is 10.1 Å². The van der Waals surface area contributed by atoms with Crippen molar-refractivity contribution in [2.24, 2.45) is 10.9 Å². The molecule has 0 amide bonds. The quantitative estimate of drug-likeness (QED) is 0.625. The number of hydrogen-bond donors (Lipinski definition) is 1. The summed E-state index contributed by atoms with van der Waals surface area (Å²) >= 11 is 0. The zero-order valence-corrected chi connectivity index (χ0v) is 11.0. The molecule has 1 N–H and O–H groups in total. The van der Waals surface area contributed by atoms with Gasteiger partial charge >= 0.3 is 0 Å². The maximum Gasteiger partial charge on any atom is 0.0451 e. The first-order valence-electron chi connectivity index (χ1n) is 7.12. The molecule has 1 aliphatic rings. The molecule has 0 aromatic heterocycles. The van der Waals surface area contributed by atoms with Crippen molar-refractivity contribution >= 4 is 5.71 Å². The molecular formula is C16H23NO. The van der Waals surface area contributed by atoms with Gasteiger partial charge < -0.3 is 5.11 Å². The van der Waals surface area contributed by atoms with Gasteiger partial charge in [0, 0.05) is 24.8 Å². The lowest BCUT2D eigenvalue weighted by molar-refractivity contribution is 0.291. The van der Waals surface area contributed by atoms with E-state index in [2.05, 4.69) is 30.3 Å². The summed E-state index contributed by atoms with van der Waals surface area (Å²) in [6.45, 7) is 0.980. The maximum atomic E-state index is 8.89. The second-order valence-corrected chi connectivity index (χ2v) is 5.05. The molecule has 0 radical (unpaired) electrons. The molecule has 0 spiro atoms. The molecule has 98 valence electrons. The van der Waals surface area contributed by atoms with Crippen LogP contribution in [-0.4, -0.2) is 24.0 Å². The van der Waals surface area contributed by atoms with Crippen LogP contribution in [0.25, 0.3) is 0 Å². The molecule has 1 aliphatic carbocycles. The second kappa shape index (κ2) is 7.32. The van der Waals surface area contributed by atoms with Gasteiger partial charge in [-0.15, -0.1) is 0 Å². The fourth-order valence-corrected chi connectivity index (χ4v) is 2.71. The summed E-state index contributed by atoms with van der Waals surface area (Å²) < 4.78 is 0. The minimum atomic E-state index is 0.232. The SMILES string of the molecule is OCCCN=C(c1ccccc1)C1CCCCC1. The van der Waals surface area contributed by atoms with E-state index < -0.39 is 0 Å². The summed E-state index contributed by atoms with van der Waals surface area (Å²) in [7, 11) is 0. The van der Waals surface area contributed by atoms with Crippen LogP contribution in [0.4, 0.5) is 0 Å². The van der Waals surface area contributed by atoms with E-state index >= 15 is 0 Å². The number of rotatable bonds is 5. The largest absolute Gasteiger partial charge is 0.396 e. The number of aliphatic hydroxyl groups excluding tert-OH is 1. The number of benzene rings is 1. The minimum absolute atomic E-state index is 0.232. The van der Waals surface area contributed by atoms with Crippen LogP contribution in [0.3, 0.4) is 0 Å². The highest BCUT2D eigenvalue weighted by atomic mass is 16.3. The Hall–Kier alpha value is -1.15. The van der Waals surface area contributed by atoms with Crippen molar-refractivity contribution in [3.05, 3.63) is 35.9 Å². The minimum Gasteiger partial charge on any atom is -0.396 e. The average Bonchev–Trinajstić information content (AvgIpc) is 2.46. The lowest BCUT2D eigenvalue weighted by Gasteiger charge is -2.24. The van der Waals surface area contributed by atoms with Gasteiger partial charge in [0.15, 0.2) is 0 Å². The third-order valence-corrected chi connectivity index (χ3v) is 3.66. The molecule has 1 aromatic rings. The fraction of sp³-hybridized carbons (Fsp3) is 0.562. The van der Waals surface area contributed by atoms with Crippen LogP contribution in [-0.2, 0) is 0 Å². The van der Waals surface area contributed by atoms with Crippen molar-refractivity contribution in [2.75, 3.05) is 13.2 Å². The van der Waals surface area contributed by atoms with Gasteiger partial charge in [0.2, 0.25) is 0 Å². The van der Waals surface area contributed by atoms with Crippen molar-refractivity contribution in [1.82, 2.24) is 0 Å². The molecule has 0 bridgehead atoms. The Morgan fingerprint density at radius 3 is 2.50 bits per heavy atom. The molecule has 1 fully saturated rings. The Morgan fingerprint density at radius 2 is 1.83 bits per heavy atom. The third-order valence-electron chi connectivity index (χ3n) is 3.66. The molecule has 0 unspecified atom stereocenters. The Labute approximate surface area is 110 Å². The molecule has 18 heavy (non-hydrogen) atoms. The standard InChI is InChI=1S/C16H23NO/c18-13-7-12-17-16(14-8-3-1-4-9-14)15-10-5-2-6-11-15/h1,3-4,8-9,15,18H,2,5-7,10-13H2. The van der Waals surface area contributed by atoms with Gasteiger partial charge in [-0.25, -0.2) is 0 Å². The van der Waals surface area contributed by atoms with Crippen LogP contribution in [0.15, 0.2) is 35.3 Å². The summed E-state index contributed by atoms with van der Waals surface area (Å²) in [6.07, 6.45) is 7.34. The second-order valence-electron chi connectivity index (χ2n) is 5.05. The molecule has 2 nitrogen and oxygen atoms in total. The Balaban J connectivity index is 2.14. The number of nitrogens with zero attached hydrogens (tertiary/aromatic N) is 1. The highest BCUT2D eigenvalue weighted by molar-refractivity contribution is 6.02. The Kier molecular flexibility index (Phi) is 5.40. The summed E-state index contributed by atoms with van der Waals surface area (Å²) in [5.41, 5.74) is 2.53. The lowest BCUT2D eigenvalue weighted by atomic mass is 9.83. The van der Waals surface area contributed by atoms with Gasteiger partial charge in [-0.3, -0.25) is 4.99 Å². The van der Waals surface area contributed by atoms with Gasteiger partial charge in [-0.2, -0.15) is 0 Å². The summed E-state index contributed by atoms with van der Waals surface area (Å²) in [4.78, 5) is 4.76. The van der Waals surface area contributed by atoms with E-state index in [1.54, 1.807) is 0 Å². The van der Waals surface area contributed by atoms with Crippen LogP contribution in [0.5, 0.6) is 0 Å². The van der Waals surface area contributed by atoms with Gasteiger partial charge in [-0.05, 0) is 24.8 Å². The zero-order valence-electron chi connectivity index (χ0n) is 11.0. The van der Waals surface area contributed by atoms with Crippen molar-refractivity contribution in [2.45, 2.75) is 38.5 Å². The van der Waals surface area contributed by atoms with Crippen LogP contribution in [0, 0.1) is 5.92 Å². The maximum absolute atomic E-state index is 8.89. The van der Waals surface area contributed by atoms with Crippen molar-refractivity contribution in [3.63, 3.8) is 0 Å². The van der Waals surface area contributed by atoms with Crippen LogP contribution < -0.4 is 0 Å². The topological polar surface area (TPSA) is 32.6 Å². The molecule has 0 atom stereocenters. The Morgan fingerprint density at radius 1 is 1.11 bits per heavy atom. The van der Waals surface area contributed by atoms with Crippen molar-refractivity contribution in [3.8, 4) is 0 Å². The van der Waals surface area contributed by atoms with Crippen molar-refractivity contribution in [1.29, 1.82) is 0 Å². The molecular weight excluding hydrogens is 222 g/mol. The summed E-state index contributed by atoms with van der Waals surface area (Å²) in [5, 5.41) is 8.89. The Bertz CT molecular complexity index is 366. The lowest BCUT2D eigenvalue weighted by Crippen LogP contribution is -2.19. The normalized spacial score (nSPS) is 17.9. The van der Waals surface area contributed by atoms with Gasteiger partial charge in [0.05, 0.1) is 0 Å². The van der Waals surface area contributed by atoms with Crippen LogP contribution in [0.1, 0.15) is 44.1 Å². The highest BCUT2D eigenvalue weighted by Crippen LogP contribution is 2.27.